The molecule has 1 aromatic rings. The van der Waals surface area contributed by atoms with Gasteiger partial charge in [-0.3, -0.25) is 4.79 Å². The maximum absolute atomic E-state index is 12.7. The molecular weight excluding hydrogens is 318 g/mol. The zero-order valence-electron chi connectivity index (χ0n) is 12.4. The Morgan fingerprint density at radius 1 is 1.35 bits per heavy atom. The van der Waals surface area contributed by atoms with Crippen molar-refractivity contribution in [3.05, 3.63) is 28.2 Å². The Morgan fingerprint density at radius 3 is 2.70 bits per heavy atom. The molecule has 1 aliphatic carbocycles. The lowest BCUT2D eigenvalue weighted by atomic mass is 9.85. The third kappa shape index (κ3) is 3.17. The van der Waals surface area contributed by atoms with Gasteiger partial charge in [0.1, 0.15) is 5.75 Å². The number of methoxy groups -OCH3 is 1. The van der Waals surface area contributed by atoms with E-state index in [2.05, 4.69) is 22.9 Å². The van der Waals surface area contributed by atoms with E-state index in [1.807, 2.05) is 24.1 Å². The molecule has 1 aromatic carbocycles. The highest BCUT2D eigenvalue weighted by Crippen LogP contribution is 2.30. The zero-order valence-corrected chi connectivity index (χ0v) is 13.9. The first kappa shape index (κ1) is 15.4. The highest BCUT2D eigenvalue weighted by Gasteiger charge is 2.29. The van der Waals surface area contributed by atoms with Gasteiger partial charge in [0.05, 0.1) is 12.7 Å². The molecule has 110 valence electrons. The molecule has 1 fully saturated rings. The lowest BCUT2D eigenvalue weighted by Crippen LogP contribution is -2.42. The molecule has 1 aliphatic rings. The van der Waals surface area contributed by atoms with Crippen LogP contribution in [0.4, 0.5) is 0 Å². The molecule has 1 amide bonds. The molecule has 0 spiro atoms. The number of halogens is 1. The molecule has 0 heterocycles. The molecule has 2 atom stereocenters. The van der Waals surface area contributed by atoms with Gasteiger partial charge in [0.15, 0.2) is 0 Å². The van der Waals surface area contributed by atoms with Gasteiger partial charge in [-0.25, -0.2) is 0 Å². The summed E-state index contributed by atoms with van der Waals surface area (Å²) < 4.78 is 6.03. The van der Waals surface area contributed by atoms with Crippen molar-refractivity contribution in [2.75, 3.05) is 14.2 Å². The minimum absolute atomic E-state index is 0.0644. The Labute approximate surface area is 129 Å². The minimum atomic E-state index is 0.0644. The highest BCUT2D eigenvalue weighted by molar-refractivity contribution is 9.10. The Kier molecular flexibility index (Phi) is 5.08. The van der Waals surface area contributed by atoms with E-state index in [0.29, 0.717) is 23.3 Å². The molecule has 20 heavy (non-hydrogen) atoms. The van der Waals surface area contributed by atoms with Gasteiger partial charge >= 0.3 is 0 Å². The zero-order chi connectivity index (χ0) is 14.7. The van der Waals surface area contributed by atoms with Crippen LogP contribution in [0.1, 0.15) is 43.0 Å². The van der Waals surface area contributed by atoms with Gasteiger partial charge in [0, 0.05) is 17.6 Å². The number of ether oxygens (including phenoxy) is 1. The van der Waals surface area contributed by atoms with Crippen molar-refractivity contribution < 1.29 is 9.53 Å². The molecule has 0 aliphatic heterocycles. The third-order valence-corrected chi connectivity index (χ3v) is 4.98. The summed E-state index contributed by atoms with van der Waals surface area (Å²) in [7, 11) is 3.53. The summed E-state index contributed by atoms with van der Waals surface area (Å²) in [6, 6.07) is 5.86. The normalized spacial score (nSPS) is 22.4. The van der Waals surface area contributed by atoms with E-state index in [1.165, 1.54) is 19.3 Å². The smallest absolute Gasteiger partial charge is 0.255 e. The van der Waals surface area contributed by atoms with Gasteiger partial charge in [-0.2, -0.15) is 0 Å². The van der Waals surface area contributed by atoms with Crippen LogP contribution in [0.25, 0.3) is 0 Å². The lowest BCUT2D eigenvalue weighted by molar-refractivity contribution is 0.0627. The molecule has 3 nitrogen and oxygen atoms in total. The number of amides is 1. The molecule has 0 N–H and O–H groups in total. The van der Waals surface area contributed by atoms with Crippen LogP contribution in [-0.4, -0.2) is 31.0 Å². The van der Waals surface area contributed by atoms with E-state index in [0.717, 1.165) is 10.9 Å². The predicted octanol–water partition coefficient (Wildman–Crippen LogP) is 4.11. The maximum atomic E-state index is 12.7. The van der Waals surface area contributed by atoms with Crippen LogP contribution in [0.2, 0.25) is 0 Å². The molecule has 0 aromatic heterocycles. The second-order valence-corrected chi connectivity index (χ2v) is 6.45. The summed E-state index contributed by atoms with van der Waals surface area (Å²) in [6.07, 6.45) is 4.81. The largest absolute Gasteiger partial charge is 0.497 e. The number of hydrogen-bond donors (Lipinski definition) is 0. The highest BCUT2D eigenvalue weighted by atomic mass is 79.9. The van der Waals surface area contributed by atoms with E-state index in [9.17, 15) is 4.79 Å². The number of hydrogen-bond acceptors (Lipinski definition) is 2. The Morgan fingerprint density at radius 2 is 2.05 bits per heavy atom. The average molecular weight is 340 g/mol. The summed E-state index contributed by atoms with van der Waals surface area (Å²) in [5.41, 5.74) is 0.671. The molecule has 0 bridgehead atoms. The number of benzene rings is 1. The SMILES string of the molecule is COc1ccc(Br)c(C(=O)N(C)C2CCCCC2C)c1. The first-order valence-electron chi connectivity index (χ1n) is 7.15. The van der Waals surface area contributed by atoms with Crippen molar-refractivity contribution in [1.29, 1.82) is 0 Å². The fourth-order valence-corrected chi connectivity index (χ4v) is 3.42. The molecule has 1 saturated carbocycles. The topological polar surface area (TPSA) is 29.5 Å². The van der Waals surface area contributed by atoms with Crippen LogP contribution in [0.15, 0.2) is 22.7 Å². The van der Waals surface area contributed by atoms with Gasteiger partial charge in [-0.05, 0) is 52.9 Å². The number of nitrogens with zero attached hydrogens (tertiary/aromatic N) is 1. The van der Waals surface area contributed by atoms with Crippen LogP contribution in [-0.2, 0) is 0 Å². The standard InChI is InChI=1S/C16H22BrNO2/c1-11-6-4-5-7-15(11)18(2)16(19)13-10-12(20-3)8-9-14(13)17/h8-11,15H,4-7H2,1-3H3. The quantitative estimate of drug-likeness (QED) is 0.829. The van der Waals surface area contributed by atoms with Gasteiger partial charge in [0.2, 0.25) is 0 Å². The van der Waals surface area contributed by atoms with Gasteiger partial charge in [-0.1, -0.05) is 19.8 Å². The first-order chi connectivity index (χ1) is 9.54. The van der Waals surface area contributed by atoms with Crippen molar-refractivity contribution in [1.82, 2.24) is 4.90 Å². The Hall–Kier alpha value is -1.03. The van der Waals surface area contributed by atoms with E-state index >= 15 is 0 Å². The summed E-state index contributed by atoms with van der Waals surface area (Å²) in [5, 5.41) is 0. The fraction of sp³-hybridized carbons (Fsp3) is 0.562. The first-order valence-corrected chi connectivity index (χ1v) is 7.94. The molecule has 2 rings (SSSR count). The van der Waals surface area contributed by atoms with Crippen LogP contribution >= 0.6 is 15.9 Å². The minimum Gasteiger partial charge on any atom is -0.497 e. The van der Waals surface area contributed by atoms with Crippen molar-refractivity contribution in [2.45, 2.75) is 38.6 Å². The molecule has 0 radical (unpaired) electrons. The average Bonchev–Trinajstić information content (AvgIpc) is 2.47. The van der Waals surface area contributed by atoms with Crippen molar-refractivity contribution >= 4 is 21.8 Å². The van der Waals surface area contributed by atoms with Gasteiger partial charge in [-0.15, -0.1) is 0 Å². The van der Waals surface area contributed by atoms with Crippen molar-refractivity contribution in [3.63, 3.8) is 0 Å². The van der Waals surface area contributed by atoms with Gasteiger partial charge in [0.25, 0.3) is 5.91 Å². The van der Waals surface area contributed by atoms with Gasteiger partial charge < -0.3 is 9.64 Å². The van der Waals surface area contributed by atoms with E-state index in [4.69, 9.17) is 4.74 Å². The van der Waals surface area contributed by atoms with E-state index in [-0.39, 0.29) is 5.91 Å². The van der Waals surface area contributed by atoms with Crippen molar-refractivity contribution in [3.8, 4) is 5.75 Å². The second kappa shape index (κ2) is 6.61. The molecular formula is C16H22BrNO2. The molecule has 4 heteroatoms. The Bertz CT molecular complexity index is 489. The molecule has 2 unspecified atom stereocenters. The monoisotopic (exact) mass is 339 g/mol. The number of carbonyl (C=O) groups is 1. The number of carbonyl (C=O) groups excluding carboxylic acids is 1. The van der Waals surface area contributed by atoms with Crippen LogP contribution in [0.3, 0.4) is 0 Å². The maximum Gasteiger partial charge on any atom is 0.255 e. The van der Waals surface area contributed by atoms with E-state index in [1.54, 1.807) is 13.2 Å². The van der Waals surface area contributed by atoms with E-state index < -0.39 is 0 Å². The summed E-state index contributed by atoms with van der Waals surface area (Å²) in [5.74, 6) is 1.35. The summed E-state index contributed by atoms with van der Waals surface area (Å²) in [6.45, 7) is 2.24. The third-order valence-electron chi connectivity index (χ3n) is 4.29. The number of rotatable bonds is 3. The van der Waals surface area contributed by atoms with Crippen molar-refractivity contribution in [2.24, 2.45) is 5.92 Å². The molecule has 0 saturated heterocycles. The fourth-order valence-electron chi connectivity index (χ4n) is 3.01. The van der Waals surface area contributed by atoms with Crippen LogP contribution in [0, 0.1) is 5.92 Å². The predicted molar refractivity (Wildman–Crippen MR) is 84.2 cm³/mol. The second-order valence-electron chi connectivity index (χ2n) is 5.59. The lowest BCUT2D eigenvalue weighted by Gasteiger charge is -2.36. The summed E-state index contributed by atoms with van der Waals surface area (Å²) in [4.78, 5) is 14.6. The Balaban J connectivity index is 2.21. The van der Waals surface area contributed by atoms with Crippen LogP contribution in [0.5, 0.6) is 5.75 Å². The van der Waals surface area contributed by atoms with Crippen LogP contribution < -0.4 is 4.74 Å². The summed E-state index contributed by atoms with van der Waals surface area (Å²) >= 11 is 3.46.